The Morgan fingerprint density at radius 1 is 0.921 bits per heavy atom. The fourth-order valence-corrected chi connectivity index (χ4v) is 10.4. The number of ketones is 3. The monoisotopic (exact) mass is 522 g/mol. The highest BCUT2D eigenvalue weighted by molar-refractivity contribution is 6.26. The normalized spacial score (nSPS) is 46.3. The fraction of sp³-hybridized carbons (Fsp3) is 0.758. The molecule has 0 aliphatic heterocycles. The van der Waals surface area contributed by atoms with Crippen LogP contribution in [0.2, 0.25) is 0 Å². The Morgan fingerprint density at radius 2 is 1.55 bits per heavy atom. The molecule has 38 heavy (non-hydrogen) atoms. The van der Waals surface area contributed by atoms with E-state index in [1.807, 2.05) is 26.8 Å². The molecule has 0 N–H and O–H groups in total. The molecular weight excluding hydrogens is 476 g/mol. The van der Waals surface area contributed by atoms with Gasteiger partial charge in [0.1, 0.15) is 0 Å². The van der Waals surface area contributed by atoms with Gasteiger partial charge in [-0.1, -0.05) is 47.6 Å². The van der Waals surface area contributed by atoms with Crippen molar-refractivity contribution in [1.29, 1.82) is 0 Å². The second-order valence-electron chi connectivity index (χ2n) is 15.2. The van der Waals surface area contributed by atoms with Crippen LogP contribution in [0.4, 0.5) is 0 Å². The number of methoxy groups -OCH3 is 1. The molecule has 5 nitrogen and oxygen atoms in total. The molecule has 0 aromatic rings. The van der Waals surface area contributed by atoms with Crippen molar-refractivity contribution in [3.05, 3.63) is 23.3 Å². The lowest BCUT2D eigenvalue weighted by atomic mass is 9.33. The summed E-state index contributed by atoms with van der Waals surface area (Å²) >= 11 is 0. The molecule has 0 aromatic carbocycles. The van der Waals surface area contributed by atoms with E-state index >= 15 is 0 Å². The smallest absolute Gasteiger partial charge is 0.312 e. The number of carbonyl (C=O) groups excluding carboxylic acids is 4. The van der Waals surface area contributed by atoms with Gasteiger partial charge in [-0.15, -0.1) is 0 Å². The molecule has 4 saturated carbocycles. The van der Waals surface area contributed by atoms with Gasteiger partial charge in [-0.2, -0.15) is 0 Å². The molecule has 0 spiro atoms. The van der Waals surface area contributed by atoms with Gasteiger partial charge in [-0.3, -0.25) is 19.2 Å². The number of Topliss-reactive ketones (excluding diaryl/α,β-unsaturated/α-hetero) is 2. The topological polar surface area (TPSA) is 77.5 Å². The van der Waals surface area contributed by atoms with Crippen molar-refractivity contribution in [1.82, 2.24) is 0 Å². The zero-order valence-electron chi connectivity index (χ0n) is 24.9. The molecule has 208 valence electrons. The summed E-state index contributed by atoms with van der Waals surface area (Å²) in [7, 11) is 1.47. The van der Waals surface area contributed by atoms with E-state index in [1.54, 1.807) is 13.0 Å². The molecule has 0 radical (unpaired) electrons. The van der Waals surface area contributed by atoms with Gasteiger partial charge in [-0.25, -0.2) is 0 Å². The number of fused-ring (bicyclic) bond motifs is 7. The molecule has 0 saturated heterocycles. The minimum absolute atomic E-state index is 0.0415. The third-order valence-electron chi connectivity index (χ3n) is 12.8. The second-order valence-corrected chi connectivity index (χ2v) is 15.2. The van der Waals surface area contributed by atoms with Crippen LogP contribution in [0.1, 0.15) is 100 Å². The molecule has 0 bridgehead atoms. The highest BCUT2D eigenvalue weighted by Gasteiger charge is 2.72. The molecule has 0 heterocycles. The van der Waals surface area contributed by atoms with E-state index in [1.165, 1.54) is 7.11 Å². The summed E-state index contributed by atoms with van der Waals surface area (Å²) < 4.78 is 5.41. The van der Waals surface area contributed by atoms with Gasteiger partial charge >= 0.3 is 5.97 Å². The van der Waals surface area contributed by atoms with Crippen LogP contribution in [-0.4, -0.2) is 30.4 Å². The number of allylic oxidation sites excluding steroid dienone is 4. The largest absolute Gasteiger partial charge is 0.469 e. The van der Waals surface area contributed by atoms with Gasteiger partial charge in [0.25, 0.3) is 0 Å². The summed E-state index contributed by atoms with van der Waals surface area (Å²) in [5, 5.41) is 0. The van der Waals surface area contributed by atoms with E-state index in [4.69, 9.17) is 4.74 Å². The van der Waals surface area contributed by atoms with Crippen LogP contribution < -0.4 is 0 Å². The molecule has 5 rings (SSSR count). The van der Waals surface area contributed by atoms with Gasteiger partial charge in [0.05, 0.1) is 23.5 Å². The maximum atomic E-state index is 14.4. The Kier molecular flexibility index (Phi) is 5.80. The summed E-state index contributed by atoms with van der Waals surface area (Å²) in [6, 6.07) is 0. The van der Waals surface area contributed by atoms with Crippen molar-refractivity contribution in [2.45, 2.75) is 100 Å². The summed E-state index contributed by atoms with van der Waals surface area (Å²) in [5.74, 6) is -0.842. The van der Waals surface area contributed by atoms with Gasteiger partial charge in [-0.05, 0) is 98.5 Å². The lowest BCUT2D eigenvalue weighted by Gasteiger charge is -2.68. The predicted molar refractivity (Wildman–Crippen MR) is 146 cm³/mol. The first-order valence-electron chi connectivity index (χ1n) is 14.6. The number of hydrogen-bond acceptors (Lipinski definition) is 5. The Morgan fingerprint density at radius 3 is 2.16 bits per heavy atom. The molecule has 0 aromatic heterocycles. The maximum absolute atomic E-state index is 14.4. The first-order chi connectivity index (χ1) is 17.5. The van der Waals surface area contributed by atoms with Crippen LogP contribution in [-0.2, 0) is 23.9 Å². The molecule has 0 amide bonds. The average molecular weight is 523 g/mol. The Hall–Kier alpha value is -2.04. The van der Waals surface area contributed by atoms with Crippen molar-refractivity contribution in [2.75, 3.05) is 7.11 Å². The van der Waals surface area contributed by atoms with Gasteiger partial charge < -0.3 is 4.74 Å². The third kappa shape index (κ3) is 3.05. The van der Waals surface area contributed by atoms with Crippen LogP contribution >= 0.6 is 0 Å². The van der Waals surface area contributed by atoms with E-state index in [2.05, 4.69) is 27.7 Å². The quantitative estimate of drug-likeness (QED) is 0.225. The number of carbonyl (C=O) groups is 4. The fourth-order valence-electron chi connectivity index (χ4n) is 10.4. The molecular formula is C33H46O5. The predicted octanol–water partition coefficient (Wildman–Crippen LogP) is 6.44. The summed E-state index contributed by atoms with van der Waals surface area (Å²) in [6.07, 6.45) is 9.04. The van der Waals surface area contributed by atoms with Crippen LogP contribution in [0.5, 0.6) is 0 Å². The van der Waals surface area contributed by atoms with Gasteiger partial charge in [0.15, 0.2) is 17.3 Å². The van der Waals surface area contributed by atoms with Crippen molar-refractivity contribution in [3.8, 4) is 0 Å². The van der Waals surface area contributed by atoms with E-state index in [-0.39, 0.29) is 62.9 Å². The van der Waals surface area contributed by atoms with E-state index < -0.39 is 16.2 Å². The van der Waals surface area contributed by atoms with Crippen LogP contribution in [0.3, 0.4) is 0 Å². The zero-order valence-corrected chi connectivity index (χ0v) is 24.9. The number of rotatable bonds is 1. The molecule has 5 aliphatic carbocycles. The standard InChI is InChI=1S/C33H46O5/c1-10-19-25(35)29(4,5)22-11-12-30(6)23(32(22,8)26(19)36)17-21(34)24-20-18-28(2,3)13-15-33(20,27(37)38-9)16-14-31(24,30)7/h10,17,20,22,24H,11-16,18H2,1-9H3/b19-10-/t20?,22?,24?,30?,31-,32?,33?/m1/s1. The van der Waals surface area contributed by atoms with Crippen LogP contribution in [0, 0.1) is 50.2 Å². The molecule has 6 unspecified atom stereocenters. The van der Waals surface area contributed by atoms with Crippen molar-refractivity contribution < 1.29 is 23.9 Å². The van der Waals surface area contributed by atoms with Gasteiger partial charge in [0, 0.05) is 11.3 Å². The van der Waals surface area contributed by atoms with E-state index in [9.17, 15) is 19.2 Å². The number of ether oxygens (including phenoxy) is 1. The Bertz CT molecular complexity index is 1200. The lowest BCUT2D eigenvalue weighted by molar-refractivity contribution is -0.192. The summed E-state index contributed by atoms with van der Waals surface area (Å²) in [6.45, 7) is 16.7. The third-order valence-corrected chi connectivity index (χ3v) is 12.8. The lowest BCUT2D eigenvalue weighted by Crippen LogP contribution is -2.67. The molecule has 5 aliphatic rings. The minimum Gasteiger partial charge on any atom is -0.469 e. The SMILES string of the molecule is C/C=C1/C(=O)C(C)(C)C2CCC3(C)C(=CC(=O)C4C5CC(C)(C)CCC5(C(=O)OC)CC[C@]43C)C2(C)C1=O. The Balaban J connectivity index is 1.71. The van der Waals surface area contributed by atoms with Gasteiger partial charge in [0.2, 0.25) is 0 Å². The molecule has 7 atom stereocenters. The zero-order chi connectivity index (χ0) is 28.3. The maximum Gasteiger partial charge on any atom is 0.312 e. The van der Waals surface area contributed by atoms with Crippen molar-refractivity contribution in [3.63, 3.8) is 0 Å². The van der Waals surface area contributed by atoms with E-state index in [0.29, 0.717) is 6.42 Å². The Labute approximate surface area is 228 Å². The van der Waals surface area contributed by atoms with Crippen LogP contribution in [0.15, 0.2) is 23.3 Å². The van der Waals surface area contributed by atoms with Crippen molar-refractivity contribution in [2.24, 2.45) is 50.2 Å². The number of esters is 1. The molecule has 4 fully saturated rings. The van der Waals surface area contributed by atoms with Crippen molar-refractivity contribution >= 4 is 23.3 Å². The highest BCUT2D eigenvalue weighted by Crippen LogP contribution is 2.74. The number of hydrogen-bond donors (Lipinski definition) is 0. The summed E-state index contributed by atoms with van der Waals surface area (Å²) in [4.78, 5) is 55.4. The molecule has 5 heteroatoms. The minimum atomic E-state index is -0.904. The first kappa shape index (κ1) is 27.5. The average Bonchev–Trinajstić information content (AvgIpc) is 2.84. The van der Waals surface area contributed by atoms with E-state index in [0.717, 1.165) is 44.1 Å². The first-order valence-corrected chi connectivity index (χ1v) is 14.6. The van der Waals surface area contributed by atoms with Crippen LogP contribution in [0.25, 0.3) is 0 Å². The summed E-state index contributed by atoms with van der Waals surface area (Å²) in [5.41, 5.74) is -1.74. The highest BCUT2D eigenvalue weighted by atomic mass is 16.5. The second kappa shape index (κ2) is 8.01.